The van der Waals surface area contributed by atoms with Gasteiger partial charge in [-0.1, -0.05) is 12.1 Å². The highest BCUT2D eigenvalue weighted by molar-refractivity contribution is 5.94. The molecule has 4 rings (SSSR count). The van der Waals surface area contributed by atoms with E-state index in [0.29, 0.717) is 38.3 Å². The van der Waals surface area contributed by atoms with Gasteiger partial charge in [-0.05, 0) is 45.4 Å². The third-order valence-corrected chi connectivity index (χ3v) is 5.98. The quantitative estimate of drug-likeness (QED) is 0.720. The van der Waals surface area contributed by atoms with Crippen LogP contribution in [0, 0.1) is 6.92 Å². The maximum Gasteiger partial charge on any atom is 0.410 e. The lowest BCUT2D eigenvalue weighted by molar-refractivity contribution is 0.0222. The van der Waals surface area contributed by atoms with Crippen molar-refractivity contribution in [3.8, 4) is 0 Å². The van der Waals surface area contributed by atoms with Gasteiger partial charge in [-0.3, -0.25) is 9.48 Å². The minimum absolute atomic E-state index is 0.0174. The van der Waals surface area contributed by atoms with Crippen LogP contribution in [-0.2, 0) is 24.8 Å². The number of piperazine rings is 1. The Labute approximate surface area is 189 Å². The van der Waals surface area contributed by atoms with Crippen molar-refractivity contribution >= 4 is 17.7 Å². The van der Waals surface area contributed by atoms with E-state index in [1.165, 1.54) is 11.3 Å². The number of nitrogens with zero attached hydrogens (tertiary/aromatic N) is 5. The van der Waals surface area contributed by atoms with Crippen LogP contribution in [0.5, 0.6) is 0 Å². The average Bonchev–Trinajstić information content (AvgIpc) is 3.07. The van der Waals surface area contributed by atoms with Crippen LogP contribution in [-0.4, -0.2) is 69.9 Å². The minimum atomic E-state index is -0.554. The summed E-state index contributed by atoms with van der Waals surface area (Å²) in [6.45, 7) is 11.4. The van der Waals surface area contributed by atoms with E-state index in [0.717, 1.165) is 24.3 Å². The fourth-order valence-corrected chi connectivity index (χ4v) is 4.39. The molecule has 0 radical (unpaired) electrons. The summed E-state index contributed by atoms with van der Waals surface area (Å²) in [6, 6.07) is 8.46. The van der Waals surface area contributed by atoms with Crippen molar-refractivity contribution in [2.24, 2.45) is 7.05 Å². The van der Waals surface area contributed by atoms with Gasteiger partial charge in [-0.2, -0.15) is 5.10 Å². The second kappa shape index (κ2) is 8.48. The van der Waals surface area contributed by atoms with Crippen LogP contribution in [0.25, 0.3) is 0 Å². The molecule has 2 aliphatic heterocycles. The summed E-state index contributed by atoms with van der Waals surface area (Å²) in [4.78, 5) is 31.9. The molecule has 0 unspecified atom stereocenters. The summed E-state index contributed by atoms with van der Waals surface area (Å²) < 4.78 is 7.22. The number of hydrogen-bond donors (Lipinski definition) is 0. The van der Waals surface area contributed by atoms with Crippen LogP contribution in [0.15, 0.2) is 24.3 Å². The minimum Gasteiger partial charge on any atom is -0.444 e. The van der Waals surface area contributed by atoms with Crippen molar-refractivity contribution in [1.82, 2.24) is 19.6 Å². The summed E-state index contributed by atoms with van der Waals surface area (Å²) >= 11 is 0. The van der Waals surface area contributed by atoms with E-state index in [9.17, 15) is 9.59 Å². The Morgan fingerprint density at radius 3 is 2.41 bits per heavy atom. The Morgan fingerprint density at radius 1 is 1.03 bits per heavy atom. The summed E-state index contributed by atoms with van der Waals surface area (Å²) in [5.41, 5.74) is 4.20. The van der Waals surface area contributed by atoms with Crippen molar-refractivity contribution in [3.63, 3.8) is 0 Å². The largest absolute Gasteiger partial charge is 0.444 e. The number of anilines is 1. The first kappa shape index (κ1) is 22.2. The molecule has 0 bridgehead atoms. The number of amides is 2. The third-order valence-electron chi connectivity index (χ3n) is 5.98. The summed E-state index contributed by atoms with van der Waals surface area (Å²) in [5.74, 6) is -0.0174. The van der Waals surface area contributed by atoms with Gasteiger partial charge >= 0.3 is 6.09 Å². The van der Waals surface area contributed by atoms with Gasteiger partial charge in [-0.25, -0.2) is 4.79 Å². The van der Waals surface area contributed by atoms with Gasteiger partial charge in [-0.15, -0.1) is 0 Å². The molecule has 1 aromatic carbocycles. The number of carbonyl (C=O) groups is 2. The zero-order valence-corrected chi connectivity index (χ0v) is 19.7. The molecule has 0 saturated carbocycles. The second-order valence-corrected chi connectivity index (χ2v) is 9.67. The topological polar surface area (TPSA) is 70.9 Å². The smallest absolute Gasteiger partial charge is 0.410 e. The molecule has 32 heavy (non-hydrogen) atoms. The molecule has 0 atom stereocenters. The van der Waals surface area contributed by atoms with E-state index in [-0.39, 0.29) is 12.0 Å². The lowest BCUT2D eigenvalue weighted by Gasteiger charge is -2.36. The molecule has 8 heteroatoms. The highest BCUT2D eigenvalue weighted by Gasteiger charge is 2.33. The Hall–Kier alpha value is -3.03. The number of carbonyl (C=O) groups excluding carboxylic acids is 2. The summed E-state index contributed by atoms with van der Waals surface area (Å²) in [7, 11) is 1.81. The molecule has 1 fully saturated rings. The number of hydrogen-bond acceptors (Lipinski definition) is 5. The number of aryl methyl sites for hydroxylation is 2. The standard InChI is InChI=1S/C24H33N5O3/c1-17-7-6-8-18(15-17)27-11-13-28(14-12-27)22(30)21-19-16-29(23(31)32-24(2,3)4)10-9-20(19)25-26(21)5/h6-8,15H,9-14,16H2,1-5H3. The van der Waals surface area contributed by atoms with Crippen LogP contribution >= 0.6 is 0 Å². The fourth-order valence-electron chi connectivity index (χ4n) is 4.39. The Morgan fingerprint density at radius 2 is 1.75 bits per heavy atom. The maximum absolute atomic E-state index is 13.5. The monoisotopic (exact) mass is 439 g/mol. The molecule has 0 aliphatic carbocycles. The van der Waals surface area contributed by atoms with Gasteiger partial charge in [0.05, 0.1) is 12.2 Å². The van der Waals surface area contributed by atoms with Crippen molar-refractivity contribution in [2.75, 3.05) is 37.6 Å². The second-order valence-electron chi connectivity index (χ2n) is 9.67. The molecule has 0 N–H and O–H groups in total. The predicted octanol–water partition coefficient (Wildman–Crippen LogP) is 2.98. The predicted molar refractivity (Wildman–Crippen MR) is 123 cm³/mol. The summed E-state index contributed by atoms with van der Waals surface area (Å²) in [5, 5.41) is 4.59. The molecule has 2 amide bonds. The fraction of sp³-hybridized carbons (Fsp3) is 0.542. The van der Waals surface area contributed by atoms with Crippen molar-refractivity contribution in [2.45, 2.75) is 46.3 Å². The van der Waals surface area contributed by atoms with Crippen molar-refractivity contribution in [3.05, 3.63) is 46.8 Å². The third kappa shape index (κ3) is 4.59. The summed E-state index contributed by atoms with van der Waals surface area (Å²) in [6.07, 6.45) is 0.272. The van der Waals surface area contributed by atoms with E-state index in [1.807, 2.05) is 32.7 Å². The Balaban J connectivity index is 1.46. The molecule has 1 saturated heterocycles. The SMILES string of the molecule is Cc1cccc(N2CCN(C(=O)c3c4c(nn3C)CCN(C(=O)OC(C)(C)C)C4)CC2)c1. The van der Waals surface area contributed by atoms with E-state index < -0.39 is 5.60 Å². The highest BCUT2D eigenvalue weighted by atomic mass is 16.6. The molecule has 3 heterocycles. The van der Waals surface area contributed by atoms with Gasteiger partial charge in [0.25, 0.3) is 5.91 Å². The average molecular weight is 440 g/mol. The van der Waals surface area contributed by atoms with Gasteiger partial charge in [0, 0.05) is 57.4 Å². The molecule has 0 spiro atoms. The molecular weight excluding hydrogens is 406 g/mol. The number of rotatable bonds is 2. The normalized spacial score (nSPS) is 16.7. The lowest BCUT2D eigenvalue weighted by atomic mass is 10.0. The first-order chi connectivity index (χ1) is 15.1. The molecule has 1 aromatic heterocycles. The number of benzene rings is 1. The zero-order chi connectivity index (χ0) is 23.0. The molecule has 2 aliphatic rings. The van der Waals surface area contributed by atoms with Gasteiger partial charge < -0.3 is 19.4 Å². The van der Waals surface area contributed by atoms with E-state index >= 15 is 0 Å². The first-order valence-electron chi connectivity index (χ1n) is 11.3. The lowest BCUT2D eigenvalue weighted by Crippen LogP contribution is -2.49. The van der Waals surface area contributed by atoms with Crippen LogP contribution in [0.3, 0.4) is 0 Å². The molecule has 172 valence electrons. The van der Waals surface area contributed by atoms with Crippen LogP contribution < -0.4 is 4.90 Å². The van der Waals surface area contributed by atoms with E-state index in [4.69, 9.17) is 4.74 Å². The van der Waals surface area contributed by atoms with Gasteiger partial charge in [0.1, 0.15) is 11.3 Å². The first-order valence-corrected chi connectivity index (χ1v) is 11.3. The van der Waals surface area contributed by atoms with E-state index in [2.05, 4.69) is 41.2 Å². The van der Waals surface area contributed by atoms with Crippen LogP contribution in [0.1, 0.15) is 48.1 Å². The molecular formula is C24H33N5O3. The molecule has 8 nitrogen and oxygen atoms in total. The number of fused-ring (bicyclic) bond motifs is 1. The number of ether oxygens (including phenoxy) is 1. The van der Waals surface area contributed by atoms with E-state index in [1.54, 1.807) is 9.58 Å². The molecule has 2 aromatic rings. The number of aromatic nitrogens is 2. The van der Waals surface area contributed by atoms with Crippen molar-refractivity contribution in [1.29, 1.82) is 0 Å². The Kier molecular flexibility index (Phi) is 5.88. The van der Waals surface area contributed by atoms with Crippen molar-refractivity contribution < 1.29 is 14.3 Å². The Bertz CT molecular complexity index is 1020. The zero-order valence-electron chi connectivity index (χ0n) is 19.7. The van der Waals surface area contributed by atoms with Gasteiger partial charge in [0.2, 0.25) is 0 Å². The maximum atomic E-state index is 13.5. The van der Waals surface area contributed by atoms with Crippen LogP contribution in [0.2, 0.25) is 0 Å². The highest BCUT2D eigenvalue weighted by Crippen LogP contribution is 2.26. The van der Waals surface area contributed by atoms with Crippen LogP contribution in [0.4, 0.5) is 10.5 Å². The van der Waals surface area contributed by atoms with Gasteiger partial charge in [0.15, 0.2) is 0 Å².